The predicted molar refractivity (Wildman–Crippen MR) is 132 cm³/mol. The largest absolute Gasteiger partial charge is 0.463 e. The van der Waals surface area contributed by atoms with Crippen LogP contribution < -0.4 is 0 Å². The van der Waals surface area contributed by atoms with E-state index in [1.54, 1.807) is 0 Å². The Kier molecular flexibility index (Phi) is 13.0. The Morgan fingerprint density at radius 1 is 0.970 bits per heavy atom. The quantitative estimate of drug-likeness (QED) is 0.170. The zero-order valence-corrected chi connectivity index (χ0v) is 21.9. The maximum absolute atomic E-state index is 12.8. The Morgan fingerprint density at radius 3 is 2.33 bits per heavy atom. The Balaban J connectivity index is 1.73. The molecule has 0 aromatic carbocycles. The van der Waals surface area contributed by atoms with E-state index in [-0.39, 0.29) is 18.0 Å². The molecule has 5 nitrogen and oxygen atoms in total. The lowest BCUT2D eigenvalue weighted by Gasteiger charge is -2.30. The molecule has 0 radical (unpaired) electrons. The molecular weight excluding hydrogens is 416 g/mol. The Bertz CT molecular complexity index is 567. The summed E-state index contributed by atoms with van der Waals surface area (Å²) in [4.78, 5) is 24.5. The van der Waals surface area contributed by atoms with Crippen LogP contribution in [0.2, 0.25) is 0 Å². The molecule has 0 aromatic rings. The molecule has 0 N–H and O–H groups in total. The number of esters is 1. The number of Topliss-reactive ketones (excluding diaryl/α,β-unsaturated/α-hetero) is 1. The summed E-state index contributed by atoms with van der Waals surface area (Å²) >= 11 is 0. The van der Waals surface area contributed by atoms with Gasteiger partial charge in [0, 0.05) is 31.6 Å². The van der Waals surface area contributed by atoms with Gasteiger partial charge in [0.2, 0.25) is 0 Å². The topological polar surface area (TPSA) is 61.8 Å². The first kappa shape index (κ1) is 28.3. The summed E-state index contributed by atoms with van der Waals surface area (Å²) in [7, 11) is 0. The monoisotopic (exact) mass is 466 g/mol. The number of unbranched alkanes of at least 4 members (excludes halogenated alkanes) is 7. The number of ketones is 1. The Labute approximate surface area is 202 Å². The fourth-order valence-electron chi connectivity index (χ4n) is 5.72. The van der Waals surface area contributed by atoms with Crippen LogP contribution in [0.3, 0.4) is 0 Å². The molecule has 33 heavy (non-hydrogen) atoms. The van der Waals surface area contributed by atoms with Gasteiger partial charge in [0.05, 0.1) is 19.3 Å². The number of carbonyl (C=O) groups is 2. The SMILES string of the molecule is CCCCCCCC1(CC[C@H]2C(=O)C[C@H](C)[C@@H]2CCCCCCC(=O)OC(C)C)OCCO1. The molecule has 1 saturated carbocycles. The van der Waals surface area contributed by atoms with E-state index in [1.165, 1.54) is 25.7 Å². The minimum Gasteiger partial charge on any atom is -0.463 e. The minimum atomic E-state index is -0.451. The van der Waals surface area contributed by atoms with E-state index in [0.29, 0.717) is 37.3 Å². The third kappa shape index (κ3) is 10.1. The van der Waals surface area contributed by atoms with Crippen LogP contribution in [0, 0.1) is 17.8 Å². The third-order valence-electron chi connectivity index (χ3n) is 7.53. The van der Waals surface area contributed by atoms with Crippen LogP contribution in [0.5, 0.6) is 0 Å². The first-order valence-corrected chi connectivity index (χ1v) is 13.9. The van der Waals surface area contributed by atoms with E-state index in [1.807, 2.05) is 13.8 Å². The van der Waals surface area contributed by atoms with Crippen LogP contribution in [0.15, 0.2) is 0 Å². The molecule has 0 amide bonds. The molecule has 2 aliphatic rings. The van der Waals surface area contributed by atoms with E-state index >= 15 is 0 Å². The molecule has 0 bridgehead atoms. The molecular formula is C28H50O5. The van der Waals surface area contributed by atoms with Gasteiger partial charge in [-0.25, -0.2) is 0 Å². The zero-order valence-electron chi connectivity index (χ0n) is 21.9. The summed E-state index contributed by atoms with van der Waals surface area (Å²) in [6, 6.07) is 0. The van der Waals surface area contributed by atoms with Crippen molar-refractivity contribution in [1.82, 2.24) is 0 Å². The number of ether oxygens (including phenoxy) is 3. The van der Waals surface area contributed by atoms with Gasteiger partial charge >= 0.3 is 5.97 Å². The van der Waals surface area contributed by atoms with Crippen molar-refractivity contribution in [2.24, 2.45) is 17.8 Å². The van der Waals surface area contributed by atoms with Gasteiger partial charge in [-0.3, -0.25) is 9.59 Å². The third-order valence-corrected chi connectivity index (χ3v) is 7.53. The van der Waals surface area contributed by atoms with Crippen molar-refractivity contribution in [2.45, 2.75) is 136 Å². The van der Waals surface area contributed by atoms with E-state index in [0.717, 1.165) is 64.2 Å². The molecule has 0 aromatic heterocycles. The second-order valence-corrected chi connectivity index (χ2v) is 10.7. The van der Waals surface area contributed by atoms with Gasteiger partial charge in [-0.05, 0) is 51.4 Å². The van der Waals surface area contributed by atoms with Gasteiger partial charge < -0.3 is 14.2 Å². The molecule has 192 valence electrons. The molecule has 1 aliphatic carbocycles. The van der Waals surface area contributed by atoms with Crippen LogP contribution in [0.4, 0.5) is 0 Å². The highest BCUT2D eigenvalue weighted by Crippen LogP contribution is 2.42. The van der Waals surface area contributed by atoms with E-state index in [2.05, 4.69) is 13.8 Å². The molecule has 1 saturated heterocycles. The van der Waals surface area contributed by atoms with Crippen molar-refractivity contribution in [3.05, 3.63) is 0 Å². The first-order valence-electron chi connectivity index (χ1n) is 13.9. The lowest BCUT2D eigenvalue weighted by atomic mass is 9.82. The zero-order chi connectivity index (χ0) is 24.1. The van der Waals surface area contributed by atoms with Gasteiger partial charge in [-0.15, -0.1) is 0 Å². The molecule has 1 aliphatic heterocycles. The molecule has 0 spiro atoms. The van der Waals surface area contributed by atoms with Crippen LogP contribution in [0.25, 0.3) is 0 Å². The standard InChI is InChI=1S/C28H50O5/c1-5-6-7-10-13-17-28(31-19-20-32-28)18-16-25-24(23(4)21-26(25)29)14-11-8-9-12-15-27(30)33-22(2)3/h22-25H,5-21H2,1-4H3/t23-,24-,25+/m0/s1. The Hall–Kier alpha value is -0.940. The van der Waals surface area contributed by atoms with Gasteiger partial charge in [0.15, 0.2) is 5.79 Å². The smallest absolute Gasteiger partial charge is 0.306 e. The maximum atomic E-state index is 12.8. The second kappa shape index (κ2) is 15.1. The van der Waals surface area contributed by atoms with Gasteiger partial charge in [0.25, 0.3) is 0 Å². The van der Waals surface area contributed by atoms with Crippen molar-refractivity contribution in [2.75, 3.05) is 13.2 Å². The van der Waals surface area contributed by atoms with Crippen molar-refractivity contribution in [1.29, 1.82) is 0 Å². The normalized spacial score (nSPS) is 24.6. The number of rotatable bonds is 17. The van der Waals surface area contributed by atoms with Crippen LogP contribution in [0.1, 0.15) is 124 Å². The summed E-state index contributed by atoms with van der Waals surface area (Å²) in [6.45, 7) is 9.62. The highest BCUT2D eigenvalue weighted by molar-refractivity contribution is 5.83. The van der Waals surface area contributed by atoms with Gasteiger partial charge in [-0.2, -0.15) is 0 Å². The number of hydrogen-bond donors (Lipinski definition) is 0. The number of carbonyl (C=O) groups excluding carboxylic acids is 2. The summed E-state index contributed by atoms with van der Waals surface area (Å²) in [6.07, 6.45) is 15.4. The summed E-state index contributed by atoms with van der Waals surface area (Å²) < 4.78 is 17.4. The van der Waals surface area contributed by atoms with Crippen LogP contribution in [-0.2, 0) is 23.8 Å². The van der Waals surface area contributed by atoms with Crippen molar-refractivity contribution >= 4 is 11.8 Å². The Morgan fingerprint density at radius 2 is 1.64 bits per heavy atom. The summed E-state index contributed by atoms with van der Waals surface area (Å²) in [5.74, 6) is 1.01. The lowest BCUT2D eigenvalue weighted by molar-refractivity contribution is -0.171. The molecule has 2 rings (SSSR count). The van der Waals surface area contributed by atoms with E-state index < -0.39 is 5.79 Å². The van der Waals surface area contributed by atoms with E-state index in [4.69, 9.17) is 14.2 Å². The van der Waals surface area contributed by atoms with Crippen molar-refractivity contribution < 1.29 is 23.8 Å². The lowest BCUT2D eigenvalue weighted by Crippen LogP contribution is -2.32. The molecule has 0 unspecified atom stereocenters. The molecule has 3 atom stereocenters. The molecule has 1 heterocycles. The highest BCUT2D eigenvalue weighted by atomic mass is 16.7. The summed E-state index contributed by atoms with van der Waals surface area (Å²) in [5.41, 5.74) is 0. The summed E-state index contributed by atoms with van der Waals surface area (Å²) in [5, 5.41) is 0. The highest BCUT2D eigenvalue weighted by Gasteiger charge is 2.42. The van der Waals surface area contributed by atoms with Crippen molar-refractivity contribution in [3.8, 4) is 0 Å². The molecule has 5 heteroatoms. The maximum Gasteiger partial charge on any atom is 0.306 e. The molecule has 2 fully saturated rings. The minimum absolute atomic E-state index is 0.0314. The van der Waals surface area contributed by atoms with Gasteiger partial charge in [0.1, 0.15) is 5.78 Å². The average molecular weight is 467 g/mol. The fourth-order valence-corrected chi connectivity index (χ4v) is 5.72. The first-order chi connectivity index (χ1) is 15.9. The second-order valence-electron chi connectivity index (χ2n) is 10.7. The van der Waals surface area contributed by atoms with Crippen LogP contribution >= 0.6 is 0 Å². The van der Waals surface area contributed by atoms with Gasteiger partial charge in [-0.1, -0.05) is 58.8 Å². The fraction of sp³-hybridized carbons (Fsp3) is 0.929. The predicted octanol–water partition coefficient (Wildman–Crippen LogP) is 7.00. The van der Waals surface area contributed by atoms with E-state index in [9.17, 15) is 9.59 Å². The van der Waals surface area contributed by atoms with Crippen LogP contribution in [-0.4, -0.2) is 36.9 Å². The number of hydrogen-bond acceptors (Lipinski definition) is 5. The average Bonchev–Trinajstić information content (AvgIpc) is 3.33. The van der Waals surface area contributed by atoms with Crippen molar-refractivity contribution in [3.63, 3.8) is 0 Å².